The molecule has 2 heterocycles. The highest BCUT2D eigenvalue weighted by Gasteiger charge is 2.50. The first kappa shape index (κ1) is 38.0. The topological polar surface area (TPSA) is 138 Å². The van der Waals surface area contributed by atoms with Crippen molar-refractivity contribution >= 4 is 23.5 Å². The maximum Gasteiger partial charge on any atom is 0.316 e. The zero-order valence-electron chi connectivity index (χ0n) is 28.7. The molecule has 1 N–H and O–H groups in total. The Hall–Kier alpha value is -2.18. The van der Waals surface area contributed by atoms with Crippen molar-refractivity contribution in [2.45, 2.75) is 136 Å². The Morgan fingerprint density at radius 2 is 1.73 bits per heavy atom. The van der Waals surface area contributed by atoms with Gasteiger partial charge in [0.05, 0.1) is 23.9 Å². The molecule has 0 saturated carbocycles. The third-order valence-electron chi connectivity index (χ3n) is 9.19. The average molecular weight is 626 g/mol. The van der Waals surface area contributed by atoms with Crippen LogP contribution in [-0.4, -0.2) is 103 Å². The number of ether oxygens (including phenoxy) is 5. The lowest BCUT2D eigenvalue weighted by Crippen LogP contribution is -2.60. The number of likely N-dealkylation sites (N-methyl/N-ethyl adjacent to an activating group) is 1. The van der Waals surface area contributed by atoms with E-state index in [0.717, 1.165) is 0 Å². The molecule has 0 aliphatic carbocycles. The quantitative estimate of drug-likeness (QED) is 0.328. The fourth-order valence-electron chi connectivity index (χ4n) is 6.54. The Labute approximate surface area is 262 Å². The van der Waals surface area contributed by atoms with Gasteiger partial charge in [0, 0.05) is 25.9 Å². The molecule has 1 fully saturated rings. The third-order valence-corrected chi connectivity index (χ3v) is 9.19. The molecule has 0 aromatic rings. The van der Waals surface area contributed by atoms with E-state index < -0.39 is 71.3 Å². The molecular weight excluding hydrogens is 570 g/mol. The van der Waals surface area contributed by atoms with Crippen LogP contribution in [0.1, 0.15) is 88.0 Å². The lowest BCUT2D eigenvalue weighted by atomic mass is 9.76. The van der Waals surface area contributed by atoms with Crippen LogP contribution < -0.4 is 0 Å². The van der Waals surface area contributed by atoms with Crippen molar-refractivity contribution in [1.82, 2.24) is 4.90 Å². The SMILES string of the molecule is CC/C1=C\[C@](C)(O)[C@@H](CC)OC(=O)[C@H](C)C(=O)[C@H](C)[C@@H](O[C@@H]2O[C@H](C)C[C@H](N(C)C)[C@H]2OC(C)=O)[C@](C)(OC)C[C@@H](C)C1=O. The van der Waals surface area contributed by atoms with Gasteiger partial charge in [-0.3, -0.25) is 19.2 Å². The van der Waals surface area contributed by atoms with Crippen molar-refractivity contribution < 1.29 is 48.0 Å². The molecule has 0 unspecified atom stereocenters. The predicted molar refractivity (Wildman–Crippen MR) is 164 cm³/mol. The van der Waals surface area contributed by atoms with Crippen molar-refractivity contribution in [3.63, 3.8) is 0 Å². The number of aliphatic hydroxyl groups is 1. The number of methoxy groups -OCH3 is 1. The number of cyclic esters (lactones) is 1. The fraction of sp³-hybridized carbons (Fsp3) is 0.818. The zero-order chi connectivity index (χ0) is 33.7. The Bertz CT molecular complexity index is 1070. The molecule has 44 heavy (non-hydrogen) atoms. The highest BCUT2D eigenvalue weighted by Crippen LogP contribution is 2.38. The van der Waals surface area contributed by atoms with E-state index in [1.54, 1.807) is 27.7 Å². The van der Waals surface area contributed by atoms with Gasteiger partial charge in [-0.1, -0.05) is 27.7 Å². The van der Waals surface area contributed by atoms with E-state index in [4.69, 9.17) is 23.7 Å². The van der Waals surface area contributed by atoms with Crippen LogP contribution in [0.5, 0.6) is 0 Å². The summed E-state index contributed by atoms with van der Waals surface area (Å²) in [6.45, 7) is 14.9. The van der Waals surface area contributed by atoms with E-state index in [1.807, 2.05) is 32.8 Å². The first-order valence-corrected chi connectivity index (χ1v) is 15.8. The monoisotopic (exact) mass is 625 g/mol. The predicted octanol–water partition coefficient (Wildman–Crippen LogP) is 3.63. The van der Waals surface area contributed by atoms with Gasteiger partial charge in [-0.2, -0.15) is 0 Å². The number of hydrogen-bond acceptors (Lipinski definition) is 11. The number of nitrogens with zero attached hydrogens (tertiary/aromatic N) is 1. The van der Waals surface area contributed by atoms with E-state index >= 15 is 0 Å². The van der Waals surface area contributed by atoms with Crippen molar-refractivity contribution in [1.29, 1.82) is 0 Å². The molecule has 11 heteroatoms. The molecular formula is C33H55NO10. The second-order valence-corrected chi connectivity index (χ2v) is 13.2. The van der Waals surface area contributed by atoms with Crippen molar-refractivity contribution in [3.05, 3.63) is 11.6 Å². The van der Waals surface area contributed by atoms with E-state index in [0.29, 0.717) is 18.4 Å². The summed E-state index contributed by atoms with van der Waals surface area (Å²) >= 11 is 0. The largest absolute Gasteiger partial charge is 0.458 e. The van der Waals surface area contributed by atoms with Gasteiger partial charge in [-0.05, 0) is 79.1 Å². The Kier molecular flexibility index (Phi) is 13.3. The second kappa shape index (κ2) is 15.4. The highest BCUT2D eigenvalue weighted by molar-refractivity contribution is 6.00. The first-order chi connectivity index (χ1) is 20.3. The van der Waals surface area contributed by atoms with Crippen LogP contribution >= 0.6 is 0 Å². The second-order valence-electron chi connectivity index (χ2n) is 13.2. The van der Waals surface area contributed by atoms with Crippen LogP contribution in [-0.2, 0) is 42.9 Å². The lowest BCUT2D eigenvalue weighted by molar-refractivity contribution is -0.297. The minimum absolute atomic E-state index is 0.151. The number of Topliss-reactive ketones (excluding diaryl/α,β-unsaturated/α-hetero) is 2. The van der Waals surface area contributed by atoms with Gasteiger partial charge in [0.15, 0.2) is 24.0 Å². The number of hydrogen-bond donors (Lipinski definition) is 1. The molecule has 0 bridgehead atoms. The van der Waals surface area contributed by atoms with Gasteiger partial charge in [0.1, 0.15) is 17.6 Å². The zero-order valence-corrected chi connectivity index (χ0v) is 28.7. The minimum Gasteiger partial charge on any atom is -0.458 e. The van der Waals surface area contributed by atoms with Gasteiger partial charge in [0.25, 0.3) is 0 Å². The van der Waals surface area contributed by atoms with Gasteiger partial charge in [-0.25, -0.2) is 0 Å². The summed E-state index contributed by atoms with van der Waals surface area (Å²) in [5.74, 6) is -4.68. The molecule has 0 spiro atoms. The molecule has 11 nitrogen and oxygen atoms in total. The highest BCUT2D eigenvalue weighted by atomic mass is 16.7. The van der Waals surface area contributed by atoms with Crippen LogP contribution in [0.4, 0.5) is 0 Å². The van der Waals surface area contributed by atoms with Gasteiger partial charge >= 0.3 is 11.9 Å². The molecule has 2 aliphatic heterocycles. The van der Waals surface area contributed by atoms with Crippen molar-refractivity contribution in [2.75, 3.05) is 21.2 Å². The summed E-state index contributed by atoms with van der Waals surface area (Å²) in [5, 5.41) is 11.3. The molecule has 2 rings (SSSR count). The van der Waals surface area contributed by atoms with Crippen molar-refractivity contribution in [3.8, 4) is 0 Å². The van der Waals surface area contributed by atoms with Crippen LogP contribution in [0, 0.1) is 17.8 Å². The average Bonchev–Trinajstić information content (AvgIpc) is 2.95. The van der Waals surface area contributed by atoms with Gasteiger partial charge < -0.3 is 33.7 Å². The van der Waals surface area contributed by atoms with Gasteiger partial charge in [0.2, 0.25) is 0 Å². The Morgan fingerprint density at radius 1 is 1.11 bits per heavy atom. The number of carbonyl (C=O) groups is 4. The molecule has 11 atom stereocenters. The summed E-state index contributed by atoms with van der Waals surface area (Å²) in [4.78, 5) is 55.2. The number of ketones is 2. The summed E-state index contributed by atoms with van der Waals surface area (Å²) in [6.07, 6.45) is -1.34. The normalized spacial score (nSPS) is 41.0. The van der Waals surface area contributed by atoms with Crippen LogP contribution in [0.15, 0.2) is 11.6 Å². The molecule has 2 aliphatic rings. The summed E-state index contributed by atoms with van der Waals surface area (Å²) in [6, 6.07) is -0.239. The van der Waals surface area contributed by atoms with E-state index in [1.165, 1.54) is 34.0 Å². The smallest absolute Gasteiger partial charge is 0.316 e. The Balaban J connectivity index is 2.71. The minimum atomic E-state index is -1.64. The van der Waals surface area contributed by atoms with Gasteiger partial charge in [-0.15, -0.1) is 0 Å². The molecule has 1 saturated heterocycles. The van der Waals surface area contributed by atoms with E-state index in [9.17, 15) is 24.3 Å². The molecule has 0 radical (unpaired) electrons. The molecule has 0 aromatic carbocycles. The molecule has 252 valence electrons. The number of carbonyl (C=O) groups excluding carboxylic acids is 4. The summed E-state index contributed by atoms with van der Waals surface area (Å²) in [7, 11) is 5.24. The maximum absolute atomic E-state index is 14.0. The van der Waals surface area contributed by atoms with E-state index in [-0.39, 0.29) is 30.8 Å². The maximum atomic E-state index is 14.0. The molecule has 0 aromatic heterocycles. The first-order valence-electron chi connectivity index (χ1n) is 15.8. The third kappa shape index (κ3) is 8.75. The molecule has 0 amide bonds. The number of esters is 2. The number of rotatable bonds is 7. The number of allylic oxidation sites excluding steroid dienone is 1. The Morgan fingerprint density at radius 3 is 2.23 bits per heavy atom. The summed E-state index contributed by atoms with van der Waals surface area (Å²) in [5.41, 5.74) is -2.47. The van der Waals surface area contributed by atoms with E-state index in [2.05, 4.69) is 0 Å². The van der Waals surface area contributed by atoms with Crippen molar-refractivity contribution in [2.24, 2.45) is 17.8 Å². The van der Waals surface area contributed by atoms with Crippen LogP contribution in [0.2, 0.25) is 0 Å². The fourth-order valence-corrected chi connectivity index (χ4v) is 6.54. The lowest BCUT2D eigenvalue weighted by Gasteiger charge is -2.47. The standard InChI is InChI=1S/C33H55NO10/c1-13-23-17-32(8,39)25(14-2)43-30(38)21(6)27(37)20(5)29(33(9,40-12)16-18(3)26(23)36)44-31-28(42-22(7)35)24(34(10)11)15-19(4)41-31/h17-21,24-25,28-29,31,39H,13-16H2,1-12H3/b23-17+/t18-,19-,20+,21-,24+,25-,28-,29-,31+,32+,33-/m1/s1. The summed E-state index contributed by atoms with van der Waals surface area (Å²) < 4.78 is 30.4. The van der Waals surface area contributed by atoms with Crippen LogP contribution in [0.25, 0.3) is 0 Å². The van der Waals surface area contributed by atoms with Crippen LogP contribution in [0.3, 0.4) is 0 Å².